The van der Waals surface area contributed by atoms with Gasteiger partial charge in [-0.15, -0.1) is 0 Å². The van der Waals surface area contributed by atoms with Crippen molar-refractivity contribution in [1.82, 2.24) is 0 Å². The van der Waals surface area contributed by atoms with Crippen LogP contribution in [-0.2, 0) is 4.74 Å². The fraction of sp³-hybridized carbons (Fsp3) is 0.455. The number of epoxide rings is 1. The Hall–Kier alpha value is -0.540. The van der Waals surface area contributed by atoms with Crippen LogP contribution >= 0.6 is 15.9 Å². The van der Waals surface area contributed by atoms with E-state index >= 15 is 0 Å². The summed E-state index contributed by atoms with van der Waals surface area (Å²) in [5.41, 5.74) is 1.14. The molecule has 1 fully saturated rings. The van der Waals surface area contributed by atoms with Crippen LogP contribution < -0.4 is 4.74 Å². The predicted octanol–water partition coefficient (Wildman–Crippen LogP) is 2.93. The van der Waals surface area contributed by atoms with Gasteiger partial charge in [-0.05, 0) is 37.6 Å². The summed E-state index contributed by atoms with van der Waals surface area (Å²) < 4.78 is 12.0. The number of aryl methyl sites for hydroxylation is 1. The normalized spacial score (nSPS) is 24.8. The van der Waals surface area contributed by atoms with Crippen molar-refractivity contribution in [2.75, 3.05) is 13.2 Å². The summed E-state index contributed by atoms with van der Waals surface area (Å²) in [7, 11) is 0. The summed E-state index contributed by atoms with van der Waals surface area (Å²) in [6.07, 6.45) is 0. The number of ether oxygens (including phenoxy) is 2. The van der Waals surface area contributed by atoms with Crippen LogP contribution in [0.2, 0.25) is 0 Å². The van der Waals surface area contributed by atoms with E-state index < -0.39 is 0 Å². The van der Waals surface area contributed by atoms with Gasteiger partial charge in [0.05, 0.1) is 6.61 Å². The van der Waals surface area contributed by atoms with Crippen molar-refractivity contribution in [3.63, 3.8) is 0 Å². The van der Waals surface area contributed by atoms with Gasteiger partial charge in [0, 0.05) is 4.47 Å². The Bertz CT molecular complexity index is 345. The third kappa shape index (κ3) is 2.28. The molecule has 2 nitrogen and oxygen atoms in total. The standard InChI is InChI=1S/C11H13BrO2/c1-8-5-9(3-4-10(8)12)13-6-11(2)7-14-11/h3-5H,6-7H2,1-2H3. The largest absolute Gasteiger partial charge is 0.490 e. The summed E-state index contributed by atoms with van der Waals surface area (Å²) in [5.74, 6) is 0.905. The van der Waals surface area contributed by atoms with Crippen molar-refractivity contribution in [3.05, 3.63) is 28.2 Å². The Balaban J connectivity index is 1.99. The minimum atomic E-state index is -0.0407. The molecule has 76 valence electrons. The average Bonchev–Trinajstić information content (AvgIpc) is 2.87. The van der Waals surface area contributed by atoms with E-state index in [0.29, 0.717) is 6.61 Å². The highest BCUT2D eigenvalue weighted by molar-refractivity contribution is 9.10. The molecule has 0 spiro atoms. The summed E-state index contributed by atoms with van der Waals surface area (Å²) in [4.78, 5) is 0. The monoisotopic (exact) mass is 256 g/mol. The van der Waals surface area contributed by atoms with Crippen LogP contribution in [0.4, 0.5) is 0 Å². The SMILES string of the molecule is Cc1cc(OCC2(C)CO2)ccc1Br. The molecule has 1 unspecified atom stereocenters. The van der Waals surface area contributed by atoms with Gasteiger partial charge < -0.3 is 9.47 Å². The zero-order valence-electron chi connectivity index (χ0n) is 8.34. The van der Waals surface area contributed by atoms with Crippen molar-refractivity contribution in [3.8, 4) is 5.75 Å². The topological polar surface area (TPSA) is 21.8 Å². The average molecular weight is 257 g/mol. The fourth-order valence-corrected chi connectivity index (χ4v) is 1.40. The Labute approximate surface area is 92.3 Å². The molecule has 0 aliphatic carbocycles. The first-order valence-corrected chi connectivity index (χ1v) is 5.41. The van der Waals surface area contributed by atoms with E-state index in [0.717, 1.165) is 16.8 Å². The first kappa shape index (κ1) is 9.99. The van der Waals surface area contributed by atoms with Crippen molar-refractivity contribution in [2.24, 2.45) is 0 Å². The lowest BCUT2D eigenvalue weighted by atomic mass is 10.2. The van der Waals surface area contributed by atoms with E-state index in [1.807, 2.05) is 25.1 Å². The van der Waals surface area contributed by atoms with E-state index in [2.05, 4.69) is 22.9 Å². The Morgan fingerprint density at radius 2 is 2.29 bits per heavy atom. The maximum absolute atomic E-state index is 5.62. The third-order valence-corrected chi connectivity index (χ3v) is 3.20. The van der Waals surface area contributed by atoms with E-state index in [4.69, 9.17) is 9.47 Å². The minimum absolute atomic E-state index is 0.0407. The molecule has 0 radical (unpaired) electrons. The second-order valence-corrected chi connectivity index (χ2v) is 4.79. The Morgan fingerprint density at radius 1 is 1.57 bits per heavy atom. The molecule has 1 saturated heterocycles. The van der Waals surface area contributed by atoms with E-state index in [9.17, 15) is 0 Å². The van der Waals surface area contributed by atoms with Gasteiger partial charge in [-0.3, -0.25) is 0 Å². The van der Waals surface area contributed by atoms with Gasteiger partial charge in [0.2, 0.25) is 0 Å². The molecule has 14 heavy (non-hydrogen) atoms. The van der Waals surface area contributed by atoms with E-state index in [-0.39, 0.29) is 5.60 Å². The fourth-order valence-electron chi connectivity index (χ4n) is 1.15. The molecule has 1 aliphatic heterocycles. The van der Waals surface area contributed by atoms with Crippen molar-refractivity contribution < 1.29 is 9.47 Å². The zero-order chi connectivity index (χ0) is 10.2. The number of halogens is 1. The van der Waals surface area contributed by atoms with Gasteiger partial charge in [0.25, 0.3) is 0 Å². The van der Waals surface area contributed by atoms with Crippen molar-refractivity contribution in [1.29, 1.82) is 0 Å². The lowest BCUT2D eigenvalue weighted by Crippen LogP contribution is -2.16. The highest BCUT2D eigenvalue weighted by Crippen LogP contribution is 2.28. The van der Waals surface area contributed by atoms with Crippen molar-refractivity contribution >= 4 is 15.9 Å². The molecule has 2 rings (SSSR count). The second-order valence-electron chi connectivity index (χ2n) is 3.94. The molecule has 0 saturated carbocycles. The molecule has 1 aromatic rings. The van der Waals surface area contributed by atoms with E-state index in [1.165, 1.54) is 5.56 Å². The Kier molecular flexibility index (Phi) is 2.54. The molecule has 1 atom stereocenters. The predicted molar refractivity (Wildman–Crippen MR) is 58.7 cm³/mol. The van der Waals surface area contributed by atoms with Crippen LogP contribution in [-0.4, -0.2) is 18.8 Å². The number of benzene rings is 1. The quantitative estimate of drug-likeness (QED) is 0.776. The van der Waals surface area contributed by atoms with Crippen LogP contribution in [0.25, 0.3) is 0 Å². The molecular formula is C11H13BrO2. The van der Waals surface area contributed by atoms with Gasteiger partial charge in [-0.25, -0.2) is 0 Å². The molecule has 1 heterocycles. The highest BCUT2D eigenvalue weighted by Gasteiger charge is 2.40. The first-order valence-electron chi connectivity index (χ1n) is 4.62. The molecule has 0 aromatic heterocycles. The van der Waals surface area contributed by atoms with Crippen LogP contribution in [0.3, 0.4) is 0 Å². The lowest BCUT2D eigenvalue weighted by Gasteiger charge is -2.09. The molecule has 1 aliphatic rings. The number of rotatable bonds is 3. The number of hydrogen-bond acceptors (Lipinski definition) is 2. The Morgan fingerprint density at radius 3 is 2.86 bits per heavy atom. The summed E-state index contributed by atoms with van der Waals surface area (Å²) in [6, 6.07) is 5.99. The van der Waals surface area contributed by atoms with Crippen LogP contribution in [0.1, 0.15) is 12.5 Å². The minimum Gasteiger partial charge on any atom is -0.490 e. The van der Waals surface area contributed by atoms with Gasteiger partial charge in [0.15, 0.2) is 0 Å². The third-order valence-electron chi connectivity index (χ3n) is 2.31. The molecular weight excluding hydrogens is 244 g/mol. The summed E-state index contributed by atoms with van der Waals surface area (Å²) >= 11 is 3.45. The summed E-state index contributed by atoms with van der Waals surface area (Å²) in [6.45, 7) is 5.54. The maximum Gasteiger partial charge on any atom is 0.123 e. The van der Waals surface area contributed by atoms with Gasteiger partial charge in [-0.1, -0.05) is 15.9 Å². The first-order chi connectivity index (χ1) is 6.59. The van der Waals surface area contributed by atoms with E-state index in [1.54, 1.807) is 0 Å². The highest BCUT2D eigenvalue weighted by atomic mass is 79.9. The molecule has 1 aromatic carbocycles. The van der Waals surface area contributed by atoms with Gasteiger partial charge >= 0.3 is 0 Å². The molecule has 3 heteroatoms. The van der Waals surface area contributed by atoms with Crippen LogP contribution in [0.15, 0.2) is 22.7 Å². The second kappa shape index (κ2) is 3.55. The van der Waals surface area contributed by atoms with Crippen LogP contribution in [0.5, 0.6) is 5.75 Å². The lowest BCUT2D eigenvalue weighted by molar-refractivity contribution is 0.202. The zero-order valence-corrected chi connectivity index (χ0v) is 9.93. The molecule has 0 amide bonds. The van der Waals surface area contributed by atoms with Gasteiger partial charge in [-0.2, -0.15) is 0 Å². The van der Waals surface area contributed by atoms with Gasteiger partial charge in [0.1, 0.15) is 18.0 Å². The smallest absolute Gasteiger partial charge is 0.123 e. The molecule has 0 bridgehead atoms. The molecule has 0 N–H and O–H groups in total. The summed E-state index contributed by atoms with van der Waals surface area (Å²) in [5, 5.41) is 0. The number of hydrogen-bond donors (Lipinski definition) is 0. The van der Waals surface area contributed by atoms with Crippen LogP contribution in [0, 0.1) is 6.92 Å². The maximum atomic E-state index is 5.62. The van der Waals surface area contributed by atoms with Crippen molar-refractivity contribution in [2.45, 2.75) is 19.4 Å².